The minimum atomic E-state index is -1.10. The minimum Gasteiger partial charge on any atom is -0.465 e. The van der Waals surface area contributed by atoms with E-state index >= 15 is 0 Å². The Balaban J connectivity index is 4.38. The second kappa shape index (κ2) is 10.7. The smallest absolute Gasteiger partial charge is 0.407 e. The van der Waals surface area contributed by atoms with Crippen LogP contribution in [0.4, 0.5) is 9.59 Å². The van der Waals surface area contributed by atoms with Crippen molar-refractivity contribution in [2.24, 2.45) is 5.73 Å². The zero-order valence-corrected chi connectivity index (χ0v) is 14.0. The molecule has 1 atom stereocenters. The summed E-state index contributed by atoms with van der Waals surface area (Å²) in [7, 11) is 0. The van der Waals surface area contributed by atoms with Crippen LogP contribution in [0.1, 0.15) is 40.0 Å². The summed E-state index contributed by atoms with van der Waals surface area (Å²) in [5.41, 5.74) is 4.68. The number of amides is 3. The lowest BCUT2D eigenvalue weighted by Crippen LogP contribution is -2.46. The monoisotopic (exact) mass is 332 g/mol. The number of carbonyl (C=O) groups is 3. The highest BCUT2D eigenvalue weighted by Gasteiger charge is 2.19. The van der Waals surface area contributed by atoms with Gasteiger partial charge in [0.15, 0.2) is 0 Å². The Bertz CT molecular complexity index is 395. The van der Waals surface area contributed by atoms with Gasteiger partial charge in [0.25, 0.3) is 0 Å². The van der Waals surface area contributed by atoms with Crippen LogP contribution in [0.5, 0.6) is 0 Å². The molecule has 0 fully saturated rings. The quantitative estimate of drug-likeness (QED) is 0.387. The van der Waals surface area contributed by atoms with Crippen molar-refractivity contribution < 1.29 is 24.2 Å². The molecule has 0 rings (SSSR count). The number of carboxylic acid groups (broad SMARTS) is 1. The Morgan fingerprint density at radius 2 is 1.87 bits per heavy atom. The van der Waals surface area contributed by atoms with E-state index < -0.39 is 17.8 Å². The molecule has 0 aliphatic carbocycles. The standard InChI is InChI=1S/C14H28N4O5/c1-14(2,3)23-13(22)18-10(5-4-8-16-12(20)21)9-17-11(19)6-7-15/h10,16H,4-9,15H2,1-3H3,(H,17,19)(H,18,22)(H,20,21)/t10-/m0/s1. The number of carbonyl (C=O) groups excluding carboxylic acids is 2. The molecule has 3 amide bonds. The SMILES string of the molecule is CC(C)(C)OC(=O)N[C@@H](CCCNC(=O)O)CNC(=O)CCN. The summed E-state index contributed by atoms with van der Waals surface area (Å²) < 4.78 is 5.17. The fraction of sp³-hybridized carbons (Fsp3) is 0.786. The molecule has 0 aromatic carbocycles. The average molecular weight is 332 g/mol. The van der Waals surface area contributed by atoms with Gasteiger partial charge < -0.3 is 31.5 Å². The highest BCUT2D eigenvalue weighted by molar-refractivity contribution is 5.76. The molecular weight excluding hydrogens is 304 g/mol. The van der Waals surface area contributed by atoms with E-state index in [4.69, 9.17) is 15.6 Å². The van der Waals surface area contributed by atoms with Gasteiger partial charge >= 0.3 is 12.2 Å². The minimum absolute atomic E-state index is 0.202. The zero-order chi connectivity index (χ0) is 17.9. The highest BCUT2D eigenvalue weighted by atomic mass is 16.6. The third-order valence-electron chi connectivity index (χ3n) is 2.64. The summed E-state index contributed by atoms with van der Waals surface area (Å²) >= 11 is 0. The molecule has 134 valence electrons. The van der Waals surface area contributed by atoms with Crippen LogP contribution in [0, 0.1) is 0 Å². The molecule has 0 aromatic heterocycles. The molecule has 9 heteroatoms. The largest absolute Gasteiger partial charge is 0.465 e. The van der Waals surface area contributed by atoms with Crippen LogP contribution < -0.4 is 21.7 Å². The van der Waals surface area contributed by atoms with Gasteiger partial charge in [-0.25, -0.2) is 9.59 Å². The topological polar surface area (TPSA) is 143 Å². The summed E-state index contributed by atoms with van der Waals surface area (Å²) in [4.78, 5) is 33.7. The lowest BCUT2D eigenvalue weighted by Gasteiger charge is -2.24. The van der Waals surface area contributed by atoms with Crippen LogP contribution in [0.3, 0.4) is 0 Å². The molecule has 0 heterocycles. The molecule has 23 heavy (non-hydrogen) atoms. The first-order valence-corrected chi connectivity index (χ1v) is 7.57. The second-order valence-electron chi connectivity index (χ2n) is 6.06. The van der Waals surface area contributed by atoms with Gasteiger partial charge in [0.2, 0.25) is 5.91 Å². The molecule has 0 spiro atoms. The fourth-order valence-corrected chi connectivity index (χ4v) is 1.70. The number of nitrogens with one attached hydrogen (secondary N) is 3. The van der Waals surface area contributed by atoms with Gasteiger partial charge in [-0.05, 0) is 33.6 Å². The maximum absolute atomic E-state index is 11.8. The summed E-state index contributed by atoms with van der Waals surface area (Å²) in [6.45, 7) is 5.99. The Kier molecular flexibility index (Phi) is 9.71. The van der Waals surface area contributed by atoms with Gasteiger partial charge in [0.05, 0.1) is 0 Å². The summed E-state index contributed by atoms with van der Waals surface area (Å²) in [5.74, 6) is -0.202. The maximum Gasteiger partial charge on any atom is 0.407 e. The molecule has 0 saturated carbocycles. The Labute approximate surface area is 136 Å². The zero-order valence-electron chi connectivity index (χ0n) is 14.0. The normalized spacial score (nSPS) is 12.2. The van der Waals surface area contributed by atoms with Crippen LogP contribution in [-0.2, 0) is 9.53 Å². The second-order valence-corrected chi connectivity index (χ2v) is 6.06. The number of hydrogen-bond acceptors (Lipinski definition) is 5. The number of nitrogens with two attached hydrogens (primary N) is 1. The van der Waals surface area contributed by atoms with Crippen LogP contribution in [0.25, 0.3) is 0 Å². The van der Waals surface area contributed by atoms with Crippen molar-refractivity contribution in [2.45, 2.75) is 51.7 Å². The number of ether oxygens (including phenoxy) is 1. The first-order valence-electron chi connectivity index (χ1n) is 7.57. The molecule has 0 unspecified atom stereocenters. The van der Waals surface area contributed by atoms with Crippen molar-refractivity contribution in [2.75, 3.05) is 19.6 Å². The average Bonchev–Trinajstić information content (AvgIpc) is 2.38. The maximum atomic E-state index is 11.8. The summed E-state index contributed by atoms with van der Waals surface area (Å²) in [5, 5.41) is 16.1. The molecule has 6 N–H and O–H groups in total. The fourth-order valence-electron chi connectivity index (χ4n) is 1.70. The molecule has 0 aromatic rings. The van der Waals surface area contributed by atoms with Crippen molar-refractivity contribution in [3.63, 3.8) is 0 Å². The van der Waals surface area contributed by atoms with Gasteiger partial charge in [0.1, 0.15) is 5.60 Å². The number of alkyl carbamates (subject to hydrolysis) is 1. The van der Waals surface area contributed by atoms with E-state index in [0.29, 0.717) is 12.8 Å². The van der Waals surface area contributed by atoms with Crippen molar-refractivity contribution in [3.05, 3.63) is 0 Å². The van der Waals surface area contributed by atoms with Crippen molar-refractivity contribution >= 4 is 18.1 Å². The van der Waals surface area contributed by atoms with Crippen LogP contribution in [0.15, 0.2) is 0 Å². The van der Waals surface area contributed by atoms with Crippen molar-refractivity contribution in [3.8, 4) is 0 Å². The van der Waals surface area contributed by atoms with Crippen LogP contribution in [-0.4, -0.2) is 54.5 Å². The Morgan fingerprint density at radius 3 is 2.39 bits per heavy atom. The van der Waals surface area contributed by atoms with Crippen molar-refractivity contribution in [1.29, 1.82) is 0 Å². The number of hydrogen-bond donors (Lipinski definition) is 5. The predicted molar refractivity (Wildman–Crippen MR) is 85.1 cm³/mol. The molecule has 0 bridgehead atoms. The van der Waals surface area contributed by atoms with E-state index in [0.717, 1.165) is 0 Å². The van der Waals surface area contributed by atoms with Crippen LogP contribution in [0.2, 0.25) is 0 Å². The Morgan fingerprint density at radius 1 is 1.22 bits per heavy atom. The summed E-state index contributed by atoms with van der Waals surface area (Å²) in [6.07, 6.45) is -0.471. The first-order chi connectivity index (χ1) is 10.6. The van der Waals surface area contributed by atoms with E-state index in [1.54, 1.807) is 20.8 Å². The highest BCUT2D eigenvalue weighted by Crippen LogP contribution is 2.07. The lowest BCUT2D eigenvalue weighted by molar-refractivity contribution is -0.121. The van der Waals surface area contributed by atoms with E-state index in [1.807, 2.05) is 0 Å². The van der Waals surface area contributed by atoms with Gasteiger partial charge in [-0.1, -0.05) is 0 Å². The van der Waals surface area contributed by atoms with E-state index in [1.165, 1.54) is 0 Å². The molecule has 9 nitrogen and oxygen atoms in total. The van der Waals surface area contributed by atoms with Crippen LogP contribution >= 0.6 is 0 Å². The van der Waals surface area contributed by atoms with Gasteiger partial charge in [-0.3, -0.25) is 4.79 Å². The first kappa shape index (κ1) is 21.0. The van der Waals surface area contributed by atoms with Gasteiger partial charge in [0, 0.05) is 32.1 Å². The Hall–Kier alpha value is -2.03. The van der Waals surface area contributed by atoms with Crippen molar-refractivity contribution in [1.82, 2.24) is 16.0 Å². The third kappa shape index (κ3) is 13.4. The van der Waals surface area contributed by atoms with E-state index in [-0.39, 0.29) is 38.0 Å². The van der Waals surface area contributed by atoms with E-state index in [9.17, 15) is 14.4 Å². The molecular formula is C14H28N4O5. The van der Waals surface area contributed by atoms with Gasteiger partial charge in [-0.2, -0.15) is 0 Å². The van der Waals surface area contributed by atoms with E-state index in [2.05, 4.69) is 16.0 Å². The molecule has 0 radical (unpaired) electrons. The molecule has 0 aliphatic rings. The summed E-state index contributed by atoms with van der Waals surface area (Å²) in [6, 6.07) is -0.359. The third-order valence-corrected chi connectivity index (χ3v) is 2.64. The van der Waals surface area contributed by atoms with Gasteiger partial charge in [-0.15, -0.1) is 0 Å². The number of rotatable bonds is 9. The molecule has 0 saturated heterocycles. The lowest BCUT2D eigenvalue weighted by atomic mass is 10.1. The molecule has 0 aliphatic heterocycles. The predicted octanol–water partition coefficient (Wildman–Crippen LogP) is 0.393.